The molecule has 1 aromatic carbocycles. The van der Waals surface area contributed by atoms with Crippen LogP contribution < -0.4 is 5.32 Å². The fraction of sp³-hybridized carbons (Fsp3) is 0.429. The first-order chi connectivity index (χ1) is 9.95. The number of carbonyl (C=O) groups is 2. The number of hydrogen-bond acceptors (Lipinski definition) is 4. The van der Waals surface area contributed by atoms with Crippen LogP contribution >= 0.6 is 0 Å². The number of amides is 1. The number of hydrogen-bond donors (Lipinski definition) is 2. The lowest BCUT2D eigenvalue weighted by atomic mass is 10.2. The predicted molar refractivity (Wildman–Crippen MR) is 73.6 cm³/mol. The van der Waals surface area contributed by atoms with Gasteiger partial charge < -0.3 is 15.2 Å². The van der Waals surface area contributed by atoms with E-state index in [1.807, 2.05) is 0 Å². The summed E-state index contributed by atoms with van der Waals surface area (Å²) in [6.07, 6.45) is -0.914. The van der Waals surface area contributed by atoms with Gasteiger partial charge in [0.25, 0.3) is 0 Å². The summed E-state index contributed by atoms with van der Waals surface area (Å²) in [6.45, 7) is 2.72. The minimum absolute atomic E-state index is 0.0447. The van der Waals surface area contributed by atoms with Crippen LogP contribution in [-0.2, 0) is 14.3 Å². The van der Waals surface area contributed by atoms with Gasteiger partial charge in [-0.1, -0.05) is 6.07 Å². The maximum absolute atomic E-state index is 13.2. The summed E-state index contributed by atoms with van der Waals surface area (Å²) in [4.78, 5) is 24.5. The van der Waals surface area contributed by atoms with E-state index in [1.54, 1.807) is 17.9 Å². The molecule has 6 nitrogen and oxygen atoms in total. The molecule has 1 saturated heterocycles. The third-order valence-electron chi connectivity index (χ3n) is 3.27. The zero-order valence-corrected chi connectivity index (χ0v) is 11.6. The Bertz CT molecular complexity index is 550. The highest BCUT2D eigenvalue weighted by molar-refractivity contribution is 5.93. The van der Waals surface area contributed by atoms with E-state index in [0.29, 0.717) is 12.2 Å². The predicted octanol–water partition coefficient (Wildman–Crippen LogP) is 0.858. The molecular formula is C14H17FN2O4. The number of rotatable bonds is 4. The first-order valence-corrected chi connectivity index (χ1v) is 6.58. The quantitative estimate of drug-likeness (QED) is 0.861. The Morgan fingerprint density at radius 1 is 1.52 bits per heavy atom. The molecule has 0 saturated carbocycles. The topological polar surface area (TPSA) is 78.9 Å². The second kappa shape index (κ2) is 6.64. The highest BCUT2D eigenvalue weighted by Crippen LogP contribution is 2.16. The van der Waals surface area contributed by atoms with Crippen molar-refractivity contribution in [2.75, 3.05) is 31.6 Å². The van der Waals surface area contributed by atoms with Gasteiger partial charge in [0.1, 0.15) is 5.82 Å². The average Bonchev–Trinajstić information content (AvgIpc) is 2.43. The van der Waals surface area contributed by atoms with E-state index in [-0.39, 0.29) is 25.6 Å². The minimum Gasteiger partial charge on any atom is -0.479 e. The van der Waals surface area contributed by atoms with Gasteiger partial charge in [-0.2, -0.15) is 0 Å². The molecule has 1 heterocycles. The molecule has 2 N–H and O–H groups in total. The number of halogens is 1. The smallest absolute Gasteiger partial charge is 0.334 e. The summed E-state index contributed by atoms with van der Waals surface area (Å²) < 4.78 is 18.2. The van der Waals surface area contributed by atoms with Crippen molar-refractivity contribution in [2.24, 2.45) is 0 Å². The van der Waals surface area contributed by atoms with Gasteiger partial charge in [-0.3, -0.25) is 9.69 Å². The Morgan fingerprint density at radius 3 is 3.00 bits per heavy atom. The van der Waals surface area contributed by atoms with Gasteiger partial charge in [0.2, 0.25) is 5.91 Å². The summed E-state index contributed by atoms with van der Waals surface area (Å²) in [5.41, 5.74) is 1.18. The van der Waals surface area contributed by atoms with Gasteiger partial charge in [0, 0.05) is 18.8 Å². The molecule has 0 bridgehead atoms. The van der Waals surface area contributed by atoms with E-state index in [2.05, 4.69) is 5.32 Å². The summed E-state index contributed by atoms with van der Waals surface area (Å²) in [5, 5.41) is 11.5. The third-order valence-corrected chi connectivity index (χ3v) is 3.27. The number of nitrogens with zero attached hydrogens (tertiary/aromatic N) is 1. The lowest BCUT2D eigenvalue weighted by Crippen LogP contribution is -2.48. The van der Waals surface area contributed by atoms with Crippen LogP contribution in [0.1, 0.15) is 5.56 Å². The Balaban J connectivity index is 1.92. The summed E-state index contributed by atoms with van der Waals surface area (Å²) in [5.74, 6) is -1.77. The molecule has 1 aromatic rings. The number of carboxylic acid groups (broad SMARTS) is 1. The molecule has 1 unspecified atom stereocenters. The van der Waals surface area contributed by atoms with Gasteiger partial charge in [0.05, 0.1) is 13.2 Å². The van der Waals surface area contributed by atoms with Crippen LogP contribution in [0.5, 0.6) is 0 Å². The molecule has 1 aliphatic heterocycles. The molecule has 0 spiro atoms. The van der Waals surface area contributed by atoms with Crippen molar-refractivity contribution >= 4 is 17.6 Å². The van der Waals surface area contributed by atoms with E-state index in [4.69, 9.17) is 9.84 Å². The van der Waals surface area contributed by atoms with E-state index in [1.165, 1.54) is 12.1 Å². The zero-order valence-electron chi connectivity index (χ0n) is 11.6. The van der Waals surface area contributed by atoms with E-state index < -0.39 is 17.9 Å². The number of nitrogens with one attached hydrogen (secondary N) is 1. The lowest BCUT2D eigenvalue weighted by Gasteiger charge is -2.30. The van der Waals surface area contributed by atoms with Crippen molar-refractivity contribution < 1.29 is 23.8 Å². The van der Waals surface area contributed by atoms with Crippen LogP contribution in [0.25, 0.3) is 0 Å². The molecule has 2 rings (SSSR count). The zero-order chi connectivity index (χ0) is 15.4. The van der Waals surface area contributed by atoms with Crippen molar-refractivity contribution in [1.29, 1.82) is 0 Å². The standard InChI is InChI=1S/C14H17FN2O4/c1-9-2-3-10(15)6-11(9)16-13(18)8-17-4-5-21-12(7-17)14(19)20/h2-3,6,12H,4-5,7-8H2,1H3,(H,16,18)(H,19,20). The number of anilines is 1. The second-order valence-electron chi connectivity index (χ2n) is 4.94. The van der Waals surface area contributed by atoms with Gasteiger partial charge in [-0.25, -0.2) is 9.18 Å². The molecule has 114 valence electrons. The minimum atomic E-state index is -1.04. The fourth-order valence-corrected chi connectivity index (χ4v) is 2.12. The Kier molecular flexibility index (Phi) is 4.87. The average molecular weight is 296 g/mol. The van der Waals surface area contributed by atoms with Crippen LogP contribution in [0.4, 0.5) is 10.1 Å². The number of ether oxygens (including phenoxy) is 1. The van der Waals surface area contributed by atoms with Crippen LogP contribution in [-0.4, -0.2) is 54.2 Å². The fourth-order valence-electron chi connectivity index (χ4n) is 2.12. The number of morpholine rings is 1. The lowest BCUT2D eigenvalue weighted by molar-refractivity contribution is -0.156. The summed E-state index contributed by atoms with van der Waals surface area (Å²) in [6, 6.07) is 4.16. The number of carbonyl (C=O) groups excluding carboxylic acids is 1. The SMILES string of the molecule is Cc1ccc(F)cc1NC(=O)CN1CCOC(C(=O)O)C1. The van der Waals surface area contributed by atoms with Crippen molar-refractivity contribution in [3.8, 4) is 0 Å². The van der Waals surface area contributed by atoms with Crippen LogP contribution in [0.15, 0.2) is 18.2 Å². The van der Waals surface area contributed by atoms with Crippen molar-refractivity contribution in [3.63, 3.8) is 0 Å². The highest BCUT2D eigenvalue weighted by Gasteiger charge is 2.27. The van der Waals surface area contributed by atoms with Crippen molar-refractivity contribution in [2.45, 2.75) is 13.0 Å². The maximum Gasteiger partial charge on any atom is 0.334 e. The largest absolute Gasteiger partial charge is 0.479 e. The maximum atomic E-state index is 13.2. The van der Waals surface area contributed by atoms with Crippen molar-refractivity contribution in [1.82, 2.24) is 4.90 Å². The summed E-state index contributed by atoms with van der Waals surface area (Å²) >= 11 is 0. The number of aryl methyl sites for hydroxylation is 1. The Morgan fingerprint density at radius 2 is 2.29 bits per heavy atom. The second-order valence-corrected chi connectivity index (χ2v) is 4.94. The monoisotopic (exact) mass is 296 g/mol. The van der Waals surface area contributed by atoms with Gasteiger partial charge in [-0.05, 0) is 24.6 Å². The molecule has 1 fully saturated rings. The molecule has 1 aliphatic rings. The molecular weight excluding hydrogens is 279 g/mol. The van der Waals surface area contributed by atoms with E-state index >= 15 is 0 Å². The Hall–Kier alpha value is -1.99. The molecule has 1 amide bonds. The molecule has 0 aromatic heterocycles. The molecule has 21 heavy (non-hydrogen) atoms. The number of carboxylic acids is 1. The number of aliphatic carboxylic acids is 1. The van der Waals surface area contributed by atoms with Gasteiger partial charge >= 0.3 is 5.97 Å². The number of benzene rings is 1. The molecule has 7 heteroatoms. The highest BCUT2D eigenvalue weighted by atomic mass is 19.1. The van der Waals surface area contributed by atoms with Gasteiger partial charge in [0.15, 0.2) is 6.10 Å². The Labute approximate surface area is 121 Å². The van der Waals surface area contributed by atoms with Crippen LogP contribution in [0.2, 0.25) is 0 Å². The van der Waals surface area contributed by atoms with Crippen LogP contribution in [0.3, 0.4) is 0 Å². The first-order valence-electron chi connectivity index (χ1n) is 6.58. The van der Waals surface area contributed by atoms with E-state index in [0.717, 1.165) is 5.56 Å². The molecule has 1 atom stereocenters. The van der Waals surface area contributed by atoms with E-state index in [9.17, 15) is 14.0 Å². The molecule has 0 radical (unpaired) electrons. The van der Waals surface area contributed by atoms with Crippen LogP contribution in [0, 0.1) is 12.7 Å². The van der Waals surface area contributed by atoms with Gasteiger partial charge in [-0.15, -0.1) is 0 Å². The molecule has 0 aliphatic carbocycles. The normalized spacial score (nSPS) is 19.2. The van der Waals surface area contributed by atoms with Crippen molar-refractivity contribution in [3.05, 3.63) is 29.6 Å². The first kappa shape index (κ1) is 15.4. The summed E-state index contributed by atoms with van der Waals surface area (Å²) in [7, 11) is 0. The third kappa shape index (κ3) is 4.24.